The van der Waals surface area contributed by atoms with Crippen LogP contribution in [0.3, 0.4) is 0 Å². The Bertz CT molecular complexity index is 610. The second kappa shape index (κ2) is 14.1. The molecular formula is C23H46O6P2. The Morgan fingerprint density at radius 3 is 1.32 bits per heavy atom. The molecule has 0 aliphatic carbocycles. The van der Waals surface area contributed by atoms with Crippen molar-refractivity contribution in [3.63, 3.8) is 0 Å². The van der Waals surface area contributed by atoms with E-state index in [1.807, 2.05) is 13.0 Å². The van der Waals surface area contributed by atoms with Crippen LogP contribution in [0.4, 0.5) is 0 Å². The second-order valence-electron chi connectivity index (χ2n) is 9.28. The van der Waals surface area contributed by atoms with Gasteiger partial charge in [0.1, 0.15) is 0 Å². The van der Waals surface area contributed by atoms with E-state index in [0.717, 1.165) is 18.4 Å². The van der Waals surface area contributed by atoms with Gasteiger partial charge in [0.15, 0.2) is 5.40 Å². The monoisotopic (exact) mass is 480 g/mol. The SMILES string of the molecule is CC(C)=CCCC(C)=CCC(P(=O)(OC(C)C)OC(C)C)P(=O)(OC(C)C)OC(C)C. The first-order chi connectivity index (χ1) is 14.1. The lowest BCUT2D eigenvalue weighted by atomic mass is 10.1. The molecule has 0 aliphatic rings. The summed E-state index contributed by atoms with van der Waals surface area (Å²) >= 11 is 0. The molecule has 0 aromatic carbocycles. The quantitative estimate of drug-likeness (QED) is 0.173. The highest BCUT2D eigenvalue weighted by molar-refractivity contribution is 7.72. The number of allylic oxidation sites excluding steroid dienone is 4. The van der Waals surface area contributed by atoms with E-state index in [-0.39, 0.29) is 30.8 Å². The summed E-state index contributed by atoms with van der Waals surface area (Å²) in [5.74, 6) is 0. The zero-order chi connectivity index (χ0) is 24.4. The highest BCUT2D eigenvalue weighted by Gasteiger charge is 2.52. The lowest BCUT2D eigenvalue weighted by Gasteiger charge is -2.35. The molecule has 0 fully saturated rings. The molecule has 0 amide bonds. The summed E-state index contributed by atoms with van der Waals surface area (Å²) in [6.07, 6.45) is 4.64. The Labute approximate surface area is 191 Å². The van der Waals surface area contributed by atoms with Gasteiger partial charge in [0.2, 0.25) is 0 Å². The summed E-state index contributed by atoms with van der Waals surface area (Å²) in [7, 11) is -7.69. The molecular weight excluding hydrogens is 434 g/mol. The lowest BCUT2D eigenvalue weighted by molar-refractivity contribution is 0.122. The van der Waals surface area contributed by atoms with Crippen molar-refractivity contribution < 1.29 is 27.2 Å². The van der Waals surface area contributed by atoms with Crippen LogP contribution >= 0.6 is 15.2 Å². The normalized spacial score (nSPS) is 13.9. The van der Waals surface area contributed by atoms with E-state index in [1.165, 1.54) is 5.57 Å². The Morgan fingerprint density at radius 1 is 0.677 bits per heavy atom. The van der Waals surface area contributed by atoms with Crippen molar-refractivity contribution in [3.8, 4) is 0 Å². The van der Waals surface area contributed by atoms with Gasteiger partial charge in [0, 0.05) is 0 Å². The fourth-order valence-corrected chi connectivity index (χ4v) is 8.71. The summed E-state index contributed by atoms with van der Waals surface area (Å²) in [6, 6.07) is 0. The Balaban J connectivity index is 6.26. The third-order valence-corrected chi connectivity index (χ3v) is 10.4. The molecule has 0 aromatic rings. The summed E-state index contributed by atoms with van der Waals surface area (Å²) in [5, 5.41) is -1.05. The molecule has 184 valence electrons. The van der Waals surface area contributed by atoms with Gasteiger partial charge in [0.05, 0.1) is 24.4 Å². The summed E-state index contributed by atoms with van der Waals surface area (Å²) < 4.78 is 51.4. The number of hydrogen-bond donors (Lipinski definition) is 0. The van der Waals surface area contributed by atoms with Crippen molar-refractivity contribution in [1.82, 2.24) is 0 Å². The molecule has 0 aromatic heterocycles. The average molecular weight is 481 g/mol. The molecule has 8 heteroatoms. The summed E-state index contributed by atoms with van der Waals surface area (Å²) in [5.41, 5.74) is 2.38. The molecule has 31 heavy (non-hydrogen) atoms. The van der Waals surface area contributed by atoms with Crippen molar-refractivity contribution in [2.75, 3.05) is 0 Å². The molecule has 0 bridgehead atoms. The van der Waals surface area contributed by atoms with Crippen molar-refractivity contribution >= 4 is 15.2 Å². The predicted octanol–water partition coefficient (Wildman–Crippen LogP) is 8.48. The van der Waals surface area contributed by atoms with Gasteiger partial charge in [-0.05, 0) is 95.4 Å². The standard InChI is InChI=1S/C23H46O6P2/c1-17(2)13-12-14-22(11)15-16-23(30(24,26-18(3)4)27-19(5)6)31(25,28-20(7)8)29-21(9)10/h13,15,18-21,23H,12,14,16H2,1-11H3. The van der Waals surface area contributed by atoms with Crippen molar-refractivity contribution in [2.24, 2.45) is 0 Å². The van der Waals surface area contributed by atoms with Crippen LogP contribution in [-0.4, -0.2) is 29.8 Å². The molecule has 0 atom stereocenters. The summed E-state index contributed by atoms with van der Waals surface area (Å²) in [6.45, 7) is 20.4. The van der Waals surface area contributed by atoms with Crippen LogP contribution in [0, 0.1) is 0 Å². The minimum atomic E-state index is -3.84. The second-order valence-corrected chi connectivity index (χ2v) is 13.9. The third kappa shape index (κ3) is 12.6. The smallest absolute Gasteiger partial charge is 0.305 e. The van der Waals surface area contributed by atoms with E-state index in [9.17, 15) is 9.13 Å². The van der Waals surface area contributed by atoms with E-state index in [0.29, 0.717) is 0 Å². The van der Waals surface area contributed by atoms with Gasteiger partial charge < -0.3 is 18.1 Å². The topological polar surface area (TPSA) is 71.1 Å². The van der Waals surface area contributed by atoms with Gasteiger partial charge in [-0.3, -0.25) is 9.13 Å². The molecule has 0 N–H and O–H groups in total. The molecule has 0 heterocycles. The Morgan fingerprint density at radius 2 is 1.03 bits per heavy atom. The van der Waals surface area contributed by atoms with Crippen LogP contribution < -0.4 is 0 Å². The van der Waals surface area contributed by atoms with Crippen molar-refractivity contribution in [2.45, 2.75) is 125 Å². The summed E-state index contributed by atoms with van der Waals surface area (Å²) in [4.78, 5) is 0. The van der Waals surface area contributed by atoms with Gasteiger partial charge in [-0.25, -0.2) is 0 Å². The first-order valence-electron chi connectivity index (χ1n) is 11.3. The maximum absolute atomic E-state index is 14.0. The maximum Gasteiger partial charge on any atom is 0.346 e. The molecule has 0 rings (SSSR count). The molecule has 0 saturated carbocycles. The minimum absolute atomic E-state index is 0.216. The van der Waals surface area contributed by atoms with Crippen LogP contribution in [-0.2, 0) is 27.2 Å². The molecule has 0 aliphatic heterocycles. The number of hydrogen-bond acceptors (Lipinski definition) is 6. The van der Waals surface area contributed by atoms with Gasteiger partial charge in [-0.2, -0.15) is 0 Å². The van der Waals surface area contributed by atoms with E-state index >= 15 is 0 Å². The predicted molar refractivity (Wildman–Crippen MR) is 131 cm³/mol. The molecule has 6 nitrogen and oxygen atoms in total. The van der Waals surface area contributed by atoms with E-state index < -0.39 is 20.6 Å². The first kappa shape index (κ1) is 30.8. The molecule has 0 saturated heterocycles. The van der Waals surface area contributed by atoms with Gasteiger partial charge in [-0.1, -0.05) is 23.3 Å². The highest BCUT2D eigenvalue weighted by Crippen LogP contribution is 2.73. The van der Waals surface area contributed by atoms with Crippen LogP contribution in [0.25, 0.3) is 0 Å². The van der Waals surface area contributed by atoms with Crippen LogP contribution in [0.1, 0.15) is 95.4 Å². The fraction of sp³-hybridized carbons (Fsp3) is 0.826. The maximum atomic E-state index is 14.0. The van der Waals surface area contributed by atoms with Gasteiger partial charge >= 0.3 is 15.2 Å². The van der Waals surface area contributed by atoms with Crippen LogP contribution in [0.2, 0.25) is 0 Å². The van der Waals surface area contributed by atoms with E-state index in [4.69, 9.17) is 18.1 Å². The van der Waals surface area contributed by atoms with Crippen molar-refractivity contribution in [3.05, 3.63) is 23.3 Å². The van der Waals surface area contributed by atoms with Crippen LogP contribution in [0.15, 0.2) is 23.3 Å². The van der Waals surface area contributed by atoms with Gasteiger partial charge in [-0.15, -0.1) is 0 Å². The molecule has 0 spiro atoms. The zero-order valence-corrected chi connectivity index (χ0v) is 23.3. The van der Waals surface area contributed by atoms with Gasteiger partial charge in [0.25, 0.3) is 0 Å². The van der Waals surface area contributed by atoms with E-state index in [2.05, 4.69) is 19.9 Å². The largest absolute Gasteiger partial charge is 0.346 e. The molecule has 0 unspecified atom stereocenters. The zero-order valence-electron chi connectivity index (χ0n) is 21.5. The fourth-order valence-electron chi connectivity index (χ4n) is 2.93. The highest BCUT2D eigenvalue weighted by atomic mass is 31.2. The lowest BCUT2D eigenvalue weighted by Crippen LogP contribution is -2.23. The molecule has 0 radical (unpaired) electrons. The Kier molecular flexibility index (Phi) is 14.0. The third-order valence-electron chi connectivity index (χ3n) is 3.93. The Hall–Kier alpha value is -0.220. The average Bonchev–Trinajstić information content (AvgIpc) is 2.50. The minimum Gasteiger partial charge on any atom is -0.305 e. The van der Waals surface area contributed by atoms with Crippen molar-refractivity contribution in [1.29, 1.82) is 0 Å². The number of rotatable bonds is 15. The van der Waals surface area contributed by atoms with Crippen LogP contribution in [0.5, 0.6) is 0 Å². The first-order valence-corrected chi connectivity index (χ1v) is 14.6. The van der Waals surface area contributed by atoms with E-state index in [1.54, 1.807) is 55.4 Å².